The Morgan fingerprint density at radius 1 is 1.11 bits per heavy atom. The van der Waals surface area contributed by atoms with Crippen molar-refractivity contribution in [2.75, 3.05) is 0 Å². The van der Waals surface area contributed by atoms with Crippen LogP contribution >= 0.6 is 0 Å². The molecular formula is C17H13N3O5S2. The first-order chi connectivity index (χ1) is 12.7. The number of carbonyl (C=O) groups is 1. The molecule has 0 aliphatic carbocycles. The Bertz CT molecular complexity index is 1220. The van der Waals surface area contributed by atoms with Crippen molar-refractivity contribution in [3.63, 3.8) is 0 Å². The molecule has 0 spiro atoms. The summed E-state index contributed by atoms with van der Waals surface area (Å²) in [6.45, 7) is 1.77. The minimum Gasteiger partial charge on any atom is -0.277 e. The van der Waals surface area contributed by atoms with Crippen molar-refractivity contribution < 1.29 is 21.6 Å². The fraction of sp³-hybridized carbons (Fsp3) is 0.0588. The maximum absolute atomic E-state index is 12.4. The third kappa shape index (κ3) is 3.42. The molecule has 1 aliphatic heterocycles. The molecule has 0 radical (unpaired) electrons. The van der Waals surface area contributed by atoms with Gasteiger partial charge >= 0.3 is 0 Å². The van der Waals surface area contributed by atoms with Gasteiger partial charge in [0.05, 0.1) is 15.5 Å². The zero-order valence-corrected chi connectivity index (χ0v) is 15.6. The summed E-state index contributed by atoms with van der Waals surface area (Å²) < 4.78 is 52.9. The highest BCUT2D eigenvalue weighted by atomic mass is 32.2. The molecule has 10 heteroatoms. The number of nitrogens with zero attached hydrogens (tertiary/aromatic N) is 1. The van der Waals surface area contributed by atoms with E-state index in [1.165, 1.54) is 36.4 Å². The number of amides is 1. The van der Waals surface area contributed by atoms with Gasteiger partial charge in [0, 0.05) is 5.56 Å². The summed E-state index contributed by atoms with van der Waals surface area (Å²) in [5, 5.41) is 9.36. The maximum atomic E-state index is 12.4. The van der Waals surface area contributed by atoms with Crippen LogP contribution in [0.15, 0.2) is 63.9 Å². The number of fused-ring (bicyclic) bond motifs is 1. The van der Waals surface area contributed by atoms with E-state index in [1.807, 2.05) is 0 Å². The van der Waals surface area contributed by atoms with Crippen LogP contribution < -0.4 is 9.44 Å². The van der Waals surface area contributed by atoms with Crippen LogP contribution in [0.4, 0.5) is 0 Å². The van der Waals surface area contributed by atoms with Gasteiger partial charge in [-0.05, 0) is 25.1 Å². The molecule has 1 amide bonds. The average Bonchev–Trinajstić information content (AvgIpc) is 2.87. The first kappa shape index (κ1) is 18.6. The molecule has 27 heavy (non-hydrogen) atoms. The van der Waals surface area contributed by atoms with Crippen molar-refractivity contribution in [1.29, 1.82) is 5.26 Å². The Labute approximate surface area is 156 Å². The molecule has 138 valence electrons. The molecule has 0 bridgehead atoms. The van der Waals surface area contributed by atoms with E-state index in [4.69, 9.17) is 0 Å². The second kappa shape index (κ2) is 6.53. The van der Waals surface area contributed by atoms with Gasteiger partial charge in [0.15, 0.2) is 0 Å². The molecule has 0 saturated heterocycles. The average molecular weight is 403 g/mol. The van der Waals surface area contributed by atoms with E-state index in [1.54, 1.807) is 29.8 Å². The monoisotopic (exact) mass is 403 g/mol. The summed E-state index contributed by atoms with van der Waals surface area (Å²) in [5.41, 5.74) is 0.0397. The number of sulfonamides is 2. The zero-order chi connectivity index (χ0) is 19.8. The second-order valence-electron chi connectivity index (χ2n) is 5.71. The first-order valence-electron chi connectivity index (χ1n) is 7.56. The van der Waals surface area contributed by atoms with Crippen molar-refractivity contribution in [2.45, 2.75) is 16.7 Å². The third-order valence-electron chi connectivity index (χ3n) is 3.83. The molecule has 0 unspecified atom stereocenters. The van der Waals surface area contributed by atoms with Gasteiger partial charge in [0.1, 0.15) is 11.6 Å². The molecule has 0 aromatic heterocycles. The number of rotatable bonds is 3. The van der Waals surface area contributed by atoms with Gasteiger partial charge in [-0.1, -0.05) is 35.9 Å². The topological polar surface area (TPSA) is 133 Å². The summed E-state index contributed by atoms with van der Waals surface area (Å²) in [4.78, 5) is 12.2. The number of carbonyl (C=O) groups excluding carboxylic acids is 1. The molecule has 0 atom stereocenters. The largest absolute Gasteiger partial charge is 0.277 e. The summed E-state index contributed by atoms with van der Waals surface area (Å²) in [6.07, 6.45) is 0. The van der Waals surface area contributed by atoms with Crippen LogP contribution in [0.25, 0.3) is 5.70 Å². The molecule has 2 aromatic rings. The Hall–Kier alpha value is -3.16. The number of aryl methyl sites for hydroxylation is 1. The quantitative estimate of drug-likeness (QED) is 0.581. The van der Waals surface area contributed by atoms with Gasteiger partial charge in [-0.2, -0.15) is 5.26 Å². The lowest BCUT2D eigenvalue weighted by Gasteiger charge is -2.08. The maximum Gasteiger partial charge on any atom is 0.277 e. The van der Waals surface area contributed by atoms with Gasteiger partial charge < -0.3 is 0 Å². The van der Waals surface area contributed by atoms with Crippen molar-refractivity contribution in [1.82, 2.24) is 9.44 Å². The molecule has 0 fully saturated rings. The van der Waals surface area contributed by atoms with Crippen molar-refractivity contribution in [2.24, 2.45) is 0 Å². The van der Waals surface area contributed by atoms with Gasteiger partial charge in [-0.3, -0.25) is 9.52 Å². The van der Waals surface area contributed by atoms with Crippen LogP contribution in [-0.4, -0.2) is 22.7 Å². The van der Waals surface area contributed by atoms with Gasteiger partial charge in [0.2, 0.25) is 0 Å². The Balaban J connectivity index is 2.02. The van der Waals surface area contributed by atoms with Crippen molar-refractivity contribution >= 4 is 31.7 Å². The predicted molar refractivity (Wildman–Crippen MR) is 95.8 cm³/mol. The van der Waals surface area contributed by atoms with Crippen LogP contribution in [0.2, 0.25) is 0 Å². The highest BCUT2D eigenvalue weighted by Gasteiger charge is 2.34. The molecule has 8 nitrogen and oxygen atoms in total. The van der Waals surface area contributed by atoms with Crippen LogP contribution in [0, 0.1) is 18.3 Å². The number of hydrogen-bond donors (Lipinski definition) is 2. The molecule has 0 saturated carbocycles. The summed E-state index contributed by atoms with van der Waals surface area (Å²) >= 11 is 0. The summed E-state index contributed by atoms with van der Waals surface area (Å²) in [5.74, 6) is -1.23. The fourth-order valence-corrected chi connectivity index (χ4v) is 4.77. The van der Waals surface area contributed by atoms with Crippen LogP contribution in [-0.2, 0) is 24.8 Å². The smallest absolute Gasteiger partial charge is 0.277 e. The minimum atomic E-state index is -4.23. The third-order valence-corrected chi connectivity index (χ3v) is 6.58. The molecule has 2 N–H and O–H groups in total. The highest BCUT2D eigenvalue weighted by molar-refractivity contribution is 7.90. The van der Waals surface area contributed by atoms with E-state index in [2.05, 4.69) is 4.72 Å². The lowest BCUT2D eigenvalue weighted by molar-refractivity contribution is -0.115. The predicted octanol–water partition coefficient (Wildman–Crippen LogP) is 1.03. The van der Waals surface area contributed by atoms with E-state index >= 15 is 0 Å². The molecule has 1 heterocycles. The summed E-state index contributed by atoms with van der Waals surface area (Å²) in [7, 11) is -8.16. The van der Waals surface area contributed by atoms with E-state index in [0.717, 1.165) is 5.56 Å². The molecule has 1 aliphatic rings. The lowest BCUT2D eigenvalue weighted by Crippen LogP contribution is -2.32. The zero-order valence-electron chi connectivity index (χ0n) is 13.9. The fourth-order valence-electron chi connectivity index (χ4n) is 2.51. The van der Waals surface area contributed by atoms with Crippen molar-refractivity contribution in [3.05, 3.63) is 65.2 Å². The number of nitriles is 1. The van der Waals surface area contributed by atoms with Crippen LogP contribution in [0.5, 0.6) is 0 Å². The lowest BCUT2D eigenvalue weighted by atomic mass is 10.1. The number of hydrogen-bond acceptors (Lipinski definition) is 6. The molecule has 3 rings (SSSR count). The van der Waals surface area contributed by atoms with Crippen LogP contribution in [0.1, 0.15) is 11.1 Å². The van der Waals surface area contributed by atoms with E-state index < -0.39 is 31.5 Å². The number of benzene rings is 2. The van der Waals surface area contributed by atoms with Gasteiger partial charge in [-0.15, -0.1) is 0 Å². The van der Waals surface area contributed by atoms with Gasteiger partial charge in [0.25, 0.3) is 26.0 Å². The Kier molecular flexibility index (Phi) is 4.51. The molecule has 2 aromatic carbocycles. The SMILES string of the molecule is Cc1ccc(S(=O)(=O)NC(=O)/C(C#N)=C2\NS(=O)(=O)c3ccccc32)cc1. The second-order valence-corrected chi connectivity index (χ2v) is 9.04. The van der Waals surface area contributed by atoms with Crippen LogP contribution in [0.3, 0.4) is 0 Å². The summed E-state index contributed by atoms with van der Waals surface area (Å²) in [6, 6.07) is 13.1. The van der Waals surface area contributed by atoms with E-state index in [9.17, 15) is 26.9 Å². The Morgan fingerprint density at radius 3 is 2.37 bits per heavy atom. The molecular weight excluding hydrogens is 390 g/mol. The van der Waals surface area contributed by atoms with Gasteiger partial charge in [-0.25, -0.2) is 21.6 Å². The first-order valence-corrected chi connectivity index (χ1v) is 10.5. The minimum absolute atomic E-state index is 0.0954. The van der Waals surface area contributed by atoms with E-state index in [-0.39, 0.29) is 21.1 Å². The number of nitrogens with one attached hydrogen (secondary N) is 2. The highest BCUT2D eigenvalue weighted by Crippen LogP contribution is 2.31. The normalized spacial score (nSPS) is 16.6. The van der Waals surface area contributed by atoms with E-state index in [0.29, 0.717) is 0 Å². The Morgan fingerprint density at radius 2 is 1.74 bits per heavy atom. The van der Waals surface area contributed by atoms with Crippen molar-refractivity contribution in [3.8, 4) is 6.07 Å². The standard InChI is InChI=1S/C17H13N3O5S2/c1-11-6-8-12(9-7-11)26(22,23)20-17(21)14(10-18)16-13-4-2-3-5-15(13)27(24,25)19-16/h2-9,19H,1H3,(H,20,21)/b16-14-.